The van der Waals surface area contributed by atoms with Crippen LogP contribution in [0, 0.1) is 5.41 Å². The maximum absolute atomic E-state index is 8.18. The van der Waals surface area contributed by atoms with Gasteiger partial charge in [0.1, 0.15) is 0 Å². The predicted octanol–water partition coefficient (Wildman–Crippen LogP) is 2.97. The van der Waals surface area contributed by atoms with Crippen molar-refractivity contribution in [2.45, 2.75) is 14.8 Å². The Hall–Kier alpha value is -0.511. The summed E-state index contributed by atoms with van der Waals surface area (Å²) in [7, 11) is 1.91. The summed E-state index contributed by atoms with van der Waals surface area (Å²) < 4.78 is 0.879. The molecule has 1 aromatic rings. The normalized spacial score (nSPS) is 11.1. The van der Waals surface area contributed by atoms with E-state index in [-0.39, 0.29) is 0 Å². The zero-order chi connectivity index (χ0) is 10.8. The second kappa shape index (κ2) is 4.34. The van der Waals surface area contributed by atoms with E-state index in [2.05, 4.69) is 20.1 Å². The Morgan fingerprint density at radius 3 is 2.29 bits per heavy atom. The van der Waals surface area contributed by atoms with E-state index in [0.717, 1.165) is 15.0 Å². The van der Waals surface area contributed by atoms with Gasteiger partial charge in [-0.1, -0.05) is 0 Å². The molecule has 0 amide bonds. The summed E-state index contributed by atoms with van der Waals surface area (Å²) in [6, 6.07) is 8.07. The van der Waals surface area contributed by atoms with Crippen molar-refractivity contribution >= 4 is 27.8 Å². The van der Waals surface area contributed by atoms with Gasteiger partial charge in [-0.3, -0.25) is 0 Å². The third-order valence-corrected chi connectivity index (χ3v) is 7.27. The molecule has 0 bridgehead atoms. The van der Waals surface area contributed by atoms with Crippen LogP contribution in [0.3, 0.4) is 0 Å². The molecule has 0 fully saturated rings. The second-order valence-electron chi connectivity index (χ2n) is 4.42. The van der Waals surface area contributed by atoms with Gasteiger partial charge in [-0.25, -0.2) is 0 Å². The van der Waals surface area contributed by atoms with Gasteiger partial charge < -0.3 is 0 Å². The minimum absolute atomic E-state index is 0.879. The van der Waals surface area contributed by atoms with Crippen molar-refractivity contribution in [3.63, 3.8) is 0 Å². The van der Waals surface area contributed by atoms with Crippen LogP contribution in [0.15, 0.2) is 24.3 Å². The first kappa shape index (κ1) is 11.6. The van der Waals surface area contributed by atoms with Crippen LogP contribution in [0.4, 0.5) is 5.69 Å². The standard InChI is InChI=1S/C8H9N2.3CH3.Sn/c1-10-8-5-3-2-4-7(8)6-9;;;;/h2-5,9-10H,1H3;3*1H3;. The SMILES string of the molecule is CNc1ccccc1[C](=N)[Sn]([CH3])([CH3])[CH3]. The topological polar surface area (TPSA) is 35.9 Å². The van der Waals surface area contributed by atoms with Crippen LogP contribution in [-0.2, 0) is 0 Å². The van der Waals surface area contributed by atoms with Gasteiger partial charge in [-0.15, -0.1) is 0 Å². The molecule has 0 atom stereocenters. The van der Waals surface area contributed by atoms with Crippen LogP contribution in [-0.4, -0.2) is 29.2 Å². The Bertz CT molecular complexity index is 339. The molecule has 14 heavy (non-hydrogen) atoms. The Morgan fingerprint density at radius 2 is 1.79 bits per heavy atom. The molecule has 0 heterocycles. The number of hydrogen-bond donors (Lipinski definition) is 2. The molecule has 2 nitrogen and oxygen atoms in total. The van der Waals surface area contributed by atoms with E-state index in [0.29, 0.717) is 0 Å². The minimum atomic E-state index is -2.22. The van der Waals surface area contributed by atoms with Crippen LogP contribution in [0.25, 0.3) is 0 Å². The molecule has 0 aliphatic rings. The van der Waals surface area contributed by atoms with Crippen LogP contribution >= 0.6 is 0 Å². The Morgan fingerprint density at radius 1 is 1.21 bits per heavy atom. The molecule has 0 aliphatic carbocycles. The molecule has 1 aromatic carbocycles. The van der Waals surface area contributed by atoms with Crippen molar-refractivity contribution in [3.05, 3.63) is 29.8 Å². The third-order valence-electron chi connectivity index (χ3n) is 2.22. The number of anilines is 1. The molecule has 0 spiro atoms. The van der Waals surface area contributed by atoms with Gasteiger partial charge in [0.25, 0.3) is 0 Å². The molecular formula is C11H18N2Sn. The number of benzene rings is 1. The summed E-state index contributed by atoms with van der Waals surface area (Å²) in [5.74, 6) is 0. The van der Waals surface area contributed by atoms with E-state index in [1.165, 1.54) is 0 Å². The number of rotatable bonds is 3. The molecule has 0 saturated carbocycles. The summed E-state index contributed by atoms with van der Waals surface area (Å²) in [6.45, 7) is 0. The van der Waals surface area contributed by atoms with E-state index in [4.69, 9.17) is 5.41 Å². The number of hydrogen-bond acceptors (Lipinski definition) is 2. The third kappa shape index (κ3) is 2.50. The number of nitrogens with one attached hydrogen (secondary N) is 2. The monoisotopic (exact) mass is 298 g/mol. The molecule has 2 N–H and O–H groups in total. The Labute approximate surface area is 90.1 Å². The van der Waals surface area contributed by atoms with Gasteiger partial charge in [0, 0.05) is 0 Å². The quantitative estimate of drug-likeness (QED) is 0.653. The van der Waals surface area contributed by atoms with E-state index in [1.54, 1.807) is 0 Å². The maximum atomic E-state index is 8.18. The fraction of sp³-hybridized carbons (Fsp3) is 0.364. The van der Waals surface area contributed by atoms with E-state index in [9.17, 15) is 0 Å². The zero-order valence-electron chi connectivity index (χ0n) is 9.31. The summed E-state index contributed by atoms with van der Waals surface area (Å²) in [5, 5.41) is 11.3. The summed E-state index contributed by atoms with van der Waals surface area (Å²) in [5.41, 5.74) is 2.16. The molecule has 3 heteroatoms. The Balaban J connectivity index is 3.13. The van der Waals surface area contributed by atoms with E-state index in [1.807, 2.05) is 31.3 Å². The molecular weight excluding hydrogens is 279 g/mol. The van der Waals surface area contributed by atoms with Crippen molar-refractivity contribution < 1.29 is 0 Å². The van der Waals surface area contributed by atoms with Crippen LogP contribution in [0.2, 0.25) is 14.8 Å². The van der Waals surface area contributed by atoms with E-state index < -0.39 is 18.4 Å². The fourth-order valence-electron chi connectivity index (χ4n) is 1.32. The number of para-hydroxylation sites is 1. The molecule has 0 unspecified atom stereocenters. The predicted molar refractivity (Wildman–Crippen MR) is 66.2 cm³/mol. The van der Waals surface area contributed by atoms with Gasteiger partial charge in [0.15, 0.2) is 0 Å². The van der Waals surface area contributed by atoms with Crippen LogP contribution in [0.1, 0.15) is 5.56 Å². The van der Waals surface area contributed by atoms with Crippen molar-refractivity contribution in [2.75, 3.05) is 12.4 Å². The van der Waals surface area contributed by atoms with Gasteiger partial charge in [-0.2, -0.15) is 0 Å². The molecule has 1 rings (SSSR count). The van der Waals surface area contributed by atoms with Gasteiger partial charge >= 0.3 is 90.2 Å². The van der Waals surface area contributed by atoms with Crippen LogP contribution in [0.5, 0.6) is 0 Å². The Kier molecular flexibility index (Phi) is 3.58. The second-order valence-corrected chi connectivity index (χ2v) is 18.7. The molecule has 0 radical (unpaired) electrons. The average molecular weight is 297 g/mol. The first-order chi connectivity index (χ1) is 6.46. The van der Waals surface area contributed by atoms with Crippen molar-refractivity contribution in [1.82, 2.24) is 0 Å². The molecule has 0 saturated heterocycles. The fourth-order valence-corrected chi connectivity index (χ4v) is 4.25. The van der Waals surface area contributed by atoms with E-state index >= 15 is 0 Å². The van der Waals surface area contributed by atoms with Crippen LogP contribution < -0.4 is 5.32 Å². The summed E-state index contributed by atoms with van der Waals surface area (Å²) in [4.78, 5) is 6.80. The molecule has 76 valence electrons. The zero-order valence-corrected chi connectivity index (χ0v) is 12.2. The average Bonchev–Trinajstić information content (AvgIpc) is 2.15. The van der Waals surface area contributed by atoms with Crippen molar-refractivity contribution in [2.24, 2.45) is 0 Å². The van der Waals surface area contributed by atoms with Crippen molar-refractivity contribution in [1.29, 1.82) is 5.41 Å². The molecule has 0 aliphatic heterocycles. The summed E-state index contributed by atoms with van der Waals surface area (Å²) in [6.07, 6.45) is 0. The molecule has 0 aromatic heterocycles. The van der Waals surface area contributed by atoms with Gasteiger partial charge in [0.2, 0.25) is 0 Å². The summed E-state index contributed by atoms with van der Waals surface area (Å²) >= 11 is -2.22. The first-order valence-electron chi connectivity index (χ1n) is 4.83. The van der Waals surface area contributed by atoms with Crippen molar-refractivity contribution in [3.8, 4) is 0 Å². The first-order valence-corrected chi connectivity index (χ1v) is 14.8. The van der Waals surface area contributed by atoms with Gasteiger partial charge in [-0.05, 0) is 0 Å². The van der Waals surface area contributed by atoms with Gasteiger partial charge in [0.05, 0.1) is 0 Å².